The van der Waals surface area contributed by atoms with Gasteiger partial charge in [-0.2, -0.15) is 10.1 Å². The van der Waals surface area contributed by atoms with Gasteiger partial charge in [0.25, 0.3) is 0 Å². The van der Waals surface area contributed by atoms with Crippen LogP contribution in [0.2, 0.25) is 0 Å². The van der Waals surface area contributed by atoms with E-state index in [0.717, 1.165) is 5.82 Å². The summed E-state index contributed by atoms with van der Waals surface area (Å²) in [6.07, 6.45) is 3.65. The lowest BCUT2D eigenvalue weighted by molar-refractivity contribution is 0.410. The highest BCUT2D eigenvalue weighted by Crippen LogP contribution is 1.98. The standard InChI is InChI=1S/C8H9N5O/c1-2-7(12-11-4-1)9-5-3-8-10-6-14-13-8/h1-2,4,6H,3,5H2,(H,9,12). The normalized spacial score (nSPS) is 10.0. The van der Waals surface area contributed by atoms with Crippen LogP contribution in [0, 0.1) is 0 Å². The van der Waals surface area contributed by atoms with E-state index in [1.165, 1.54) is 6.39 Å². The second-order valence-corrected chi connectivity index (χ2v) is 2.63. The number of rotatable bonds is 4. The summed E-state index contributed by atoms with van der Waals surface area (Å²) in [5.41, 5.74) is 0. The van der Waals surface area contributed by atoms with Gasteiger partial charge >= 0.3 is 0 Å². The SMILES string of the molecule is c1cnnc(NCCc2ncon2)c1. The van der Waals surface area contributed by atoms with Gasteiger partial charge in [0.15, 0.2) is 5.82 Å². The number of hydrogen-bond donors (Lipinski definition) is 1. The van der Waals surface area contributed by atoms with Gasteiger partial charge in [0.05, 0.1) is 0 Å². The Hall–Kier alpha value is -1.98. The molecule has 14 heavy (non-hydrogen) atoms. The summed E-state index contributed by atoms with van der Waals surface area (Å²) in [7, 11) is 0. The molecule has 0 atom stereocenters. The second-order valence-electron chi connectivity index (χ2n) is 2.63. The molecule has 0 saturated heterocycles. The van der Waals surface area contributed by atoms with Crippen LogP contribution in [0.5, 0.6) is 0 Å². The molecule has 6 heteroatoms. The van der Waals surface area contributed by atoms with Crippen molar-refractivity contribution in [1.82, 2.24) is 20.3 Å². The average molecular weight is 191 g/mol. The average Bonchev–Trinajstić information content (AvgIpc) is 2.72. The van der Waals surface area contributed by atoms with Gasteiger partial charge in [-0.3, -0.25) is 0 Å². The summed E-state index contributed by atoms with van der Waals surface area (Å²) >= 11 is 0. The molecular formula is C8H9N5O. The predicted molar refractivity (Wildman–Crippen MR) is 48.5 cm³/mol. The maximum atomic E-state index is 4.60. The lowest BCUT2D eigenvalue weighted by Gasteiger charge is -2.00. The van der Waals surface area contributed by atoms with Gasteiger partial charge in [-0.15, -0.1) is 5.10 Å². The molecule has 0 aliphatic heterocycles. The Balaban J connectivity index is 1.79. The Kier molecular flexibility index (Phi) is 2.65. The fourth-order valence-electron chi connectivity index (χ4n) is 1.00. The molecule has 0 aromatic carbocycles. The van der Waals surface area contributed by atoms with Crippen LogP contribution in [0.4, 0.5) is 5.82 Å². The van der Waals surface area contributed by atoms with Crippen LogP contribution in [-0.4, -0.2) is 26.9 Å². The zero-order chi connectivity index (χ0) is 9.64. The Morgan fingerprint density at radius 1 is 1.43 bits per heavy atom. The first-order valence-electron chi connectivity index (χ1n) is 4.22. The molecule has 0 fully saturated rings. The summed E-state index contributed by atoms with van der Waals surface area (Å²) in [5, 5.41) is 14.4. The van der Waals surface area contributed by atoms with Gasteiger partial charge in [0.2, 0.25) is 6.39 Å². The van der Waals surface area contributed by atoms with Crippen LogP contribution in [0.15, 0.2) is 29.2 Å². The zero-order valence-electron chi connectivity index (χ0n) is 7.42. The maximum Gasteiger partial charge on any atom is 0.213 e. The van der Waals surface area contributed by atoms with E-state index in [0.29, 0.717) is 18.8 Å². The molecule has 6 nitrogen and oxygen atoms in total. The van der Waals surface area contributed by atoms with Crippen LogP contribution in [0.25, 0.3) is 0 Å². The quantitative estimate of drug-likeness (QED) is 0.758. The third-order valence-corrected chi connectivity index (χ3v) is 1.63. The van der Waals surface area contributed by atoms with E-state index < -0.39 is 0 Å². The Morgan fingerprint density at radius 3 is 3.14 bits per heavy atom. The van der Waals surface area contributed by atoms with E-state index in [4.69, 9.17) is 0 Å². The van der Waals surface area contributed by atoms with Gasteiger partial charge in [-0.25, -0.2) is 0 Å². The molecule has 0 bridgehead atoms. The molecule has 2 heterocycles. The Morgan fingerprint density at radius 2 is 2.43 bits per heavy atom. The van der Waals surface area contributed by atoms with E-state index in [1.807, 2.05) is 12.1 Å². The summed E-state index contributed by atoms with van der Waals surface area (Å²) in [4.78, 5) is 3.89. The summed E-state index contributed by atoms with van der Waals surface area (Å²) < 4.78 is 4.60. The topological polar surface area (TPSA) is 76.7 Å². The second kappa shape index (κ2) is 4.31. The van der Waals surface area contributed by atoms with E-state index in [9.17, 15) is 0 Å². The number of nitrogens with one attached hydrogen (secondary N) is 1. The van der Waals surface area contributed by atoms with E-state index >= 15 is 0 Å². The van der Waals surface area contributed by atoms with Crippen LogP contribution in [0.3, 0.4) is 0 Å². The molecule has 72 valence electrons. The Bertz CT molecular complexity index is 360. The van der Waals surface area contributed by atoms with E-state index in [-0.39, 0.29) is 0 Å². The minimum Gasteiger partial charge on any atom is -0.368 e. The number of aromatic nitrogens is 4. The van der Waals surface area contributed by atoms with Crippen molar-refractivity contribution in [3.05, 3.63) is 30.5 Å². The van der Waals surface area contributed by atoms with E-state index in [1.54, 1.807) is 6.20 Å². The minimum absolute atomic E-state index is 0.682. The van der Waals surface area contributed by atoms with Crippen molar-refractivity contribution in [3.8, 4) is 0 Å². The molecule has 0 aliphatic rings. The summed E-state index contributed by atoms with van der Waals surface area (Å²) in [5.74, 6) is 1.43. The van der Waals surface area contributed by atoms with Crippen molar-refractivity contribution >= 4 is 5.82 Å². The van der Waals surface area contributed by atoms with Crippen molar-refractivity contribution in [1.29, 1.82) is 0 Å². The maximum absolute atomic E-state index is 4.60. The zero-order valence-corrected chi connectivity index (χ0v) is 7.42. The van der Waals surface area contributed by atoms with Crippen molar-refractivity contribution in [2.24, 2.45) is 0 Å². The minimum atomic E-state index is 0.682. The molecule has 2 aromatic rings. The lowest BCUT2D eigenvalue weighted by atomic mass is 10.4. The highest BCUT2D eigenvalue weighted by atomic mass is 16.5. The fraction of sp³-hybridized carbons (Fsp3) is 0.250. The first-order valence-corrected chi connectivity index (χ1v) is 4.22. The molecule has 2 rings (SSSR count). The van der Waals surface area contributed by atoms with Crippen LogP contribution in [0.1, 0.15) is 5.82 Å². The molecule has 0 unspecified atom stereocenters. The fourth-order valence-corrected chi connectivity index (χ4v) is 1.00. The molecular weight excluding hydrogens is 182 g/mol. The number of nitrogens with zero attached hydrogens (tertiary/aromatic N) is 4. The first-order chi connectivity index (χ1) is 6.95. The molecule has 0 spiro atoms. The molecule has 2 aromatic heterocycles. The highest BCUT2D eigenvalue weighted by Gasteiger charge is 1.97. The van der Waals surface area contributed by atoms with Gasteiger partial charge < -0.3 is 9.84 Å². The lowest BCUT2D eigenvalue weighted by Crippen LogP contribution is -2.07. The van der Waals surface area contributed by atoms with Gasteiger partial charge in [-0.1, -0.05) is 5.16 Å². The highest BCUT2D eigenvalue weighted by molar-refractivity contribution is 5.31. The summed E-state index contributed by atoms with van der Waals surface area (Å²) in [6.45, 7) is 0.707. The molecule has 0 aliphatic carbocycles. The van der Waals surface area contributed by atoms with Crippen LogP contribution < -0.4 is 5.32 Å². The largest absolute Gasteiger partial charge is 0.368 e. The van der Waals surface area contributed by atoms with Gasteiger partial charge in [0, 0.05) is 19.2 Å². The number of anilines is 1. The van der Waals surface area contributed by atoms with Crippen LogP contribution >= 0.6 is 0 Å². The Labute approximate surface area is 80.4 Å². The monoisotopic (exact) mass is 191 g/mol. The van der Waals surface area contributed by atoms with Gasteiger partial charge in [0.1, 0.15) is 5.82 Å². The smallest absolute Gasteiger partial charge is 0.213 e. The number of hydrogen-bond acceptors (Lipinski definition) is 6. The van der Waals surface area contributed by atoms with Crippen molar-refractivity contribution in [2.45, 2.75) is 6.42 Å². The van der Waals surface area contributed by atoms with Crippen molar-refractivity contribution < 1.29 is 4.52 Å². The third kappa shape index (κ3) is 2.25. The van der Waals surface area contributed by atoms with Gasteiger partial charge in [-0.05, 0) is 12.1 Å². The van der Waals surface area contributed by atoms with Crippen molar-refractivity contribution in [3.63, 3.8) is 0 Å². The van der Waals surface area contributed by atoms with E-state index in [2.05, 4.69) is 30.2 Å². The summed E-state index contributed by atoms with van der Waals surface area (Å²) in [6, 6.07) is 3.67. The molecule has 0 saturated carbocycles. The molecule has 0 radical (unpaired) electrons. The molecule has 0 amide bonds. The predicted octanol–water partition coefficient (Wildman–Crippen LogP) is 0.514. The first kappa shape index (κ1) is 8.61. The van der Waals surface area contributed by atoms with Crippen LogP contribution in [-0.2, 0) is 6.42 Å². The third-order valence-electron chi connectivity index (χ3n) is 1.63. The molecule has 1 N–H and O–H groups in total. The van der Waals surface area contributed by atoms with Crippen molar-refractivity contribution in [2.75, 3.05) is 11.9 Å².